The van der Waals surface area contributed by atoms with Crippen LogP contribution in [0.1, 0.15) is 23.7 Å². The fourth-order valence-electron chi connectivity index (χ4n) is 1.96. The lowest BCUT2D eigenvalue weighted by molar-refractivity contribution is -0.129. The average molecular weight is 247 g/mol. The molecule has 1 amide bonds. The summed E-state index contributed by atoms with van der Waals surface area (Å²) in [7, 11) is 0. The highest BCUT2D eigenvalue weighted by Crippen LogP contribution is 2.24. The number of hydrogen-bond acceptors (Lipinski definition) is 4. The van der Waals surface area contributed by atoms with Gasteiger partial charge in [0, 0.05) is 32.1 Å². The molecule has 0 aliphatic carbocycles. The quantitative estimate of drug-likeness (QED) is 0.707. The number of rotatable bonds is 1. The Labute approximate surface area is 105 Å². The summed E-state index contributed by atoms with van der Waals surface area (Å²) < 4.78 is 0. The van der Waals surface area contributed by atoms with Crippen molar-refractivity contribution in [2.75, 3.05) is 12.8 Å². The number of nitrogens with zero attached hydrogens (tertiary/aromatic N) is 3. The molecule has 0 fully saturated rings. The first kappa shape index (κ1) is 11.9. The Morgan fingerprint density at radius 3 is 3.00 bits per heavy atom. The third-order valence-electron chi connectivity index (χ3n) is 2.90. The predicted octanol–water partition coefficient (Wildman–Crippen LogP) is 1.58. The molecule has 1 aromatic rings. The van der Waals surface area contributed by atoms with Crippen LogP contribution in [0.2, 0.25) is 0 Å². The number of aromatic nitrogens is 1. The van der Waals surface area contributed by atoms with Crippen LogP contribution in [0.3, 0.4) is 0 Å². The molecule has 0 aromatic carbocycles. The standard InChI is InChI=1S/C12H13N3OS/c1-8(16)15-4-3-11-10(7-15)5-9(6-13)12(14-11)17-2/h5H,3-4,7H2,1-2H3. The minimum absolute atomic E-state index is 0.0723. The van der Waals surface area contributed by atoms with Gasteiger partial charge in [-0.25, -0.2) is 4.98 Å². The Bertz CT molecular complexity index is 507. The van der Waals surface area contributed by atoms with Gasteiger partial charge in [0.1, 0.15) is 11.1 Å². The zero-order valence-corrected chi connectivity index (χ0v) is 10.7. The van der Waals surface area contributed by atoms with E-state index in [2.05, 4.69) is 11.1 Å². The van der Waals surface area contributed by atoms with Gasteiger partial charge in [0.05, 0.1) is 5.56 Å². The summed E-state index contributed by atoms with van der Waals surface area (Å²) in [6.45, 7) is 2.86. The zero-order chi connectivity index (χ0) is 12.4. The number of carbonyl (C=O) groups is 1. The second kappa shape index (κ2) is 4.76. The molecule has 0 unspecified atom stereocenters. The van der Waals surface area contributed by atoms with Gasteiger partial charge < -0.3 is 4.90 Å². The van der Waals surface area contributed by atoms with Crippen molar-refractivity contribution in [3.05, 3.63) is 22.9 Å². The summed E-state index contributed by atoms with van der Waals surface area (Å²) in [6.07, 6.45) is 2.69. The minimum Gasteiger partial charge on any atom is -0.338 e. The van der Waals surface area contributed by atoms with E-state index in [0.717, 1.165) is 29.2 Å². The number of amides is 1. The molecule has 1 aromatic heterocycles. The van der Waals surface area contributed by atoms with Crippen molar-refractivity contribution < 1.29 is 4.79 Å². The van der Waals surface area contributed by atoms with E-state index in [1.54, 1.807) is 11.8 Å². The topological polar surface area (TPSA) is 57.0 Å². The molecule has 1 aliphatic rings. The van der Waals surface area contributed by atoms with E-state index in [4.69, 9.17) is 5.26 Å². The Morgan fingerprint density at radius 2 is 2.41 bits per heavy atom. The van der Waals surface area contributed by atoms with Crippen molar-refractivity contribution in [2.24, 2.45) is 0 Å². The SMILES string of the molecule is CSc1nc2c(cc1C#N)CN(C(C)=O)CC2. The molecule has 0 saturated heterocycles. The Balaban J connectivity index is 2.39. The van der Waals surface area contributed by atoms with E-state index in [9.17, 15) is 4.79 Å². The summed E-state index contributed by atoms with van der Waals surface area (Å²) >= 11 is 1.49. The van der Waals surface area contributed by atoms with Crippen LogP contribution < -0.4 is 0 Å². The Kier molecular flexibility index (Phi) is 3.34. The van der Waals surface area contributed by atoms with Crippen LogP contribution in [0.15, 0.2) is 11.1 Å². The van der Waals surface area contributed by atoms with Crippen LogP contribution in [0.4, 0.5) is 0 Å². The van der Waals surface area contributed by atoms with Crippen LogP contribution in [-0.4, -0.2) is 28.6 Å². The van der Waals surface area contributed by atoms with Crippen molar-refractivity contribution in [3.63, 3.8) is 0 Å². The fourth-order valence-corrected chi connectivity index (χ4v) is 2.48. The van der Waals surface area contributed by atoms with Gasteiger partial charge in [-0.05, 0) is 17.9 Å². The molecule has 0 atom stereocenters. The van der Waals surface area contributed by atoms with Gasteiger partial charge in [-0.2, -0.15) is 5.26 Å². The minimum atomic E-state index is 0.0723. The number of fused-ring (bicyclic) bond motifs is 1. The number of pyridine rings is 1. The van der Waals surface area contributed by atoms with Gasteiger partial charge in [0.25, 0.3) is 0 Å². The fraction of sp³-hybridized carbons (Fsp3) is 0.417. The maximum atomic E-state index is 11.3. The van der Waals surface area contributed by atoms with Gasteiger partial charge >= 0.3 is 0 Å². The molecule has 1 aliphatic heterocycles. The maximum absolute atomic E-state index is 11.3. The lowest BCUT2D eigenvalue weighted by atomic mass is 10.0. The molecule has 0 radical (unpaired) electrons. The molecule has 2 heterocycles. The first-order valence-corrected chi connectivity index (χ1v) is 6.60. The maximum Gasteiger partial charge on any atom is 0.219 e. The molecule has 0 N–H and O–H groups in total. The van der Waals surface area contributed by atoms with Crippen LogP contribution in [-0.2, 0) is 17.8 Å². The van der Waals surface area contributed by atoms with Crippen LogP contribution in [0.25, 0.3) is 0 Å². The number of carbonyl (C=O) groups excluding carboxylic acids is 1. The third-order valence-corrected chi connectivity index (χ3v) is 3.59. The van der Waals surface area contributed by atoms with Gasteiger partial charge in [-0.1, -0.05) is 0 Å². The molecule has 2 rings (SSSR count). The molecular weight excluding hydrogens is 234 g/mol. The lowest BCUT2D eigenvalue weighted by Gasteiger charge is -2.27. The molecule has 0 saturated carbocycles. The van der Waals surface area contributed by atoms with Crippen LogP contribution >= 0.6 is 11.8 Å². The second-order valence-corrected chi connectivity index (χ2v) is 4.75. The summed E-state index contributed by atoms with van der Waals surface area (Å²) in [6, 6.07) is 4.02. The Morgan fingerprint density at radius 1 is 1.65 bits per heavy atom. The summed E-state index contributed by atoms with van der Waals surface area (Å²) in [5, 5.41) is 9.82. The first-order valence-electron chi connectivity index (χ1n) is 5.38. The van der Waals surface area contributed by atoms with Gasteiger partial charge in [-0.15, -0.1) is 11.8 Å². The highest BCUT2D eigenvalue weighted by molar-refractivity contribution is 7.98. The van der Waals surface area contributed by atoms with E-state index in [0.29, 0.717) is 12.1 Å². The number of nitriles is 1. The molecule has 17 heavy (non-hydrogen) atoms. The monoisotopic (exact) mass is 247 g/mol. The van der Waals surface area contributed by atoms with Crippen molar-refractivity contribution in [1.82, 2.24) is 9.88 Å². The van der Waals surface area contributed by atoms with Crippen molar-refractivity contribution >= 4 is 17.7 Å². The van der Waals surface area contributed by atoms with E-state index in [1.165, 1.54) is 11.8 Å². The van der Waals surface area contributed by atoms with Gasteiger partial charge in [0.2, 0.25) is 5.91 Å². The highest BCUT2D eigenvalue weighted by Gasteiger charge is 2.20. The van der Waals surface area contributed by atoms with Crippen LogP contribution in [0, 0.1) is 11.3 Å². The van der Waals surface area contributed by atoms with Crippen molar-refractivity contribution in [1.29, 1.82) is 5.26 Å². The molecule has 0 bridgehead atoms. The highest BCUT2D eigenvalue weighted by atomic mass is 32.2. The van der Waals surface area contributed by atoms with Crippen molar-refractivity contribution in [3.8, 4) is 6.07 Å². The molecule has 5 heteroatoms. The third kappa shape index (κ3) is 2.27. The van der Waals surface area contributed by atoms with E-state index < -0.39 is 0 Å². The zero-order valence-electron chi connectivity index (χ0n) is 9.86. The first-order chi connectivity index (χ1) is 8.15. The summed E-state index contributed by atoms with van der Waals surface area (Å²) in [5.41, 5.74) is 2.62. The molecule has 88 valence electrons. The van der Waals surface area contributed by atoms with E-state index >= 15 is 0 Å². The molecule has 4 nitrogen and oxygen atoms in total. The summed E-state index contributed by atoms with van der Waals surface area (Å²) in [4.78, 5) is 17.6. The van der Waals surface area contributed by atoms with E-state index in [-0.39, 0.29) is 5.91 Å². The van der Waals surface area contributed by atoms with E-state index in [1.807, 2.05) is 12.3 Å². The number of hydrogen-bond donors (Lipinski definition) is 0. The molecular formula is C12H13N3OS. The normalized spacial score (nSPS) is 14.1. The Hall–Kier alpha value is -1.54. The smallest absolute Gasteiger partial charge is 0.219 e. The summed E-state index contributed by atoms with van der Waals surface area (Å²) in [5.74, 6) is 0.0723. The molecule has 0 spiro atoms. The largest absolute Gasteiger partial charge is 0.338 e. The lowest BCUT2D eigenvalue weighted by Crippen LogP contribution is -2.34. The number of thioether (sulfide) groups is 1. The predicted molar refractivity (Wildman–Crippen MR) is 65.5 cm³/mol. The average Bonchev–Trinajstić information content (AvgIpc) is 2.36. The van der Waals surface area contributed by atoms with Crippen LogP contribution in [0.5, 0.6) is 0 Å². The van der Waals surface area contributed by atoms with Gasteiger partial charge in [-0.3, -0.25) is 4.79 Å². The second-order valence-electron chi connectivity index (χ2n) is 3.95. The van der Waals surface area contributed by atoms with Gasteiger partial charge in [0.15, 0.2) is 0 Å². The van der Waals surface area contributed by atoms with Crippen molar-refractivity contribution in [2.45, 2.75) is 24.9 Å².